The van der Waals surface area contributed by atoms with E-state index in [1.54, 1.807) is 0 Å². The fourth-order valence-corrected chi connectivity index (χ4v) is 4.03. The molecule has 4 nitrogen and oxygen atoms in total. The van der Waals surface area contributed by atoms with Crippen LogP contribution in [0.5, 0.6) is 0 Å². The Morgan fingerprint density at radius 1 is 1.24 bits per heavy atom. The molecule has 5 atom stereocenters. The molecule has 3 fully saturated rings. The summed E-state index contributed by atoms with van der Waals surface area (Å²) in [6.07, 6.45) is 0.322. The number of aliphatic hydroxyl groups is 1. The molecule has 1 aliphatic heterocycles. The van der Waals surface area contributed by atoms with Gasteiger partial charge in [0.2, 0.25) is 0 Å². The van der Waals surface area contributed by atoms with Crippen LogP contribution in [0.2, 0.25) is 0 Å². The zero-order chi connectivity index (χ0) is 14.7. The minimum absolute atomic E-state index is 0.0386. The van der Waals surface area contributed by atoms with Crippen LogP contribution in [0.3, 0.4) is 0 Å². The number of ether oxygens (including phenoxy) is 3. The maximum Gasteiger partial charge on any atom is 0.163 e. The van der Waals surface area contributed by atoms with Gasteiger partial charge in [0.25, 0.3) is 0 Å². The lowest BCUT2D eigenvalue weighted by Gasteiger charge is -2.23. The molecule has 3 aliphatic rings. The lowest BCUT2D eigenvalue weighted by molar-refractivity contribution is -0.170. The number of aliphatic hydroxyl groups excluding tert-OH is 1. The summed E-state index contributed by atoms with van der Waals surface area (Å²) in [4.78, 5) is 0. The second kappa shape index (κ2) is 4.53. The van der Waals surface area contributed by atoms with Crippen molar-refractivity contribution in [3.8, 4) is 0 Å². The van der Waals surface area contributed by atoms with Crippen molar-refractivity contribution in [1.82, 2.24) is 0 Å². The van der Waals surface area contributed by atoms with Crippen molar-refractivity contribution in [2.75, 3.05) is 6.61 Å². The maximum absolute atomic E-state index is 10.4. The van der Waals surface area contributed by atoms with Gasteiger partial charge in [0.05, 0.1) is 25.4 Å². The standard InChI is InChI=1S/C17H22O4/c1-16(2)20-14-13(18)12-8-17(12,15(14)21-16)10-19-9-11-6-4-3-5-7-11/h3-7,12-15,18H,8-10H2,1-2H3/t12?,13-,14-,15-,17-/m0/s1. The van der Waals surface area contributed by atoms with Crippen LogP contribution in [-0.4, -0.2) is 35.8 Å². The average molecular weight is 290 g/mol. The molecule has 0 spiro atoms. The summed E-state index contributed by atoms with van der Waals surface area (Å²) >= 11 is 0. The van der Waals surface area contributed by atoms with E-state index in [0.29, 0.717) is 13.2 Å². The molecule has 1 N–H and O–H groups in total. The monoisotopic (exact) mass is 290 g/mol. The van der Waals surface area contributed by atoms with Gasteiger partial charge in [-0.25, -0.2) is 0 Å². The predicted octanol–water partition coefficient (Wildman–Crippen LogP) is 2.10. The number of hydrogen-bond acceptors (Lipinski definition) is 4. The first kappa shape index (κ1) is 13.7. The number of hydrogen-bond donors (Lipinski definition) is 1. The lowest BCUT2D eigenvalue weighted by Crippen LogP contribution is -2.34. The minimum Gasteiger partial charge on any atom is -0.390 e. The summed E-state index contributed by atoms with van der Waals surface area (Å²) in [5.74, 6) is -0.338. The van der Waals surface area contributed by atoms with Crippen LogP contribution in [0, 0.1) is 11.3 Å². The first-order valence-electron chi connectivity index (χ1n) is 7.67. The highest BCUT2D eigenvalue weighted by Gasteiger charge is 2.75. The van der Waals surface area contributed by atoms with Crippen LogP contribution >= 0.6 is 0 Å². The number of rotatable bonds is 4. The SMILES string of the molecule is CC1(C)O[C@H]2[C@@H](O)C3C[C@@]3(COCc3ccccc3)[C@H]2O1. The van der Waals surface area contributed by atoms with E-state index in [9.17, 15) is 5.11 Å². The Morgan fingerprint density at radius 3 is 2.76 bits per heavy atom. The van der Waals surface area contributed by atoms with E-state index in [1.807, 2.05) is 32.0 Å². The van der Waals surface area contributed by atoms with Crippen molar-refractivity contribution in [3.05, 3.63) is 35.9 Å². The smallest absolute Gasteiger partial charge is 0.163 e. The molecule has 21 heavy (non-hydrogen) atoms. The highest BCUT2D eigenvalue weighted by atomic mass is 16.8. The Bertz CT molecular complexity index is 529. The lowest BCUT2D eigenvalue weighted by atomic mass is 10.0. The van der Waals surface area contributed by atoms with Gasteiger partial charge < -0.3 is 19.3 Å². The van der Waals surface area contributed by atoms with Gasteiger partial charge in [-0.05, 0) is 31.7 Å². The van der Waals surface area contributed by atoms with E-state index in [4.69, 9.17) is 14.2 Å². The first-order chi connectivity index (χ1) is 10.0. The van der Waals surface area contributed by atoms with E-state index in [1.165, 1.54) is 5.56 Å². The highest BCUT2D eigenvalue weighted by molar-refractivity contribution is 5.22. The summed E-state index contributed by atoms with van der Waals surface area (Å²) in [6.45, 7) is 5.05. The zero-order valence-corrected chi connectivity index (χ0v) is 12.5. The molecule has 4 heteroatoms. The fourth-order valence-electron chi connectivity index (χ4n) is 4.03. The third-order valence-corrected chi connectivity index (χ3v) is 5.11. The van der Waals surface area contributed by atoms with Crippen LogP contribution in [0.4, 0.5) is 0 Å². The Morgan fingerprint density at radius 2 is 2.00 bits per heavy atom. The quantitative estimate of drug-likeness (QED) is 0.922. The van der Waals surface area contributed by atoms with Gasteiger partial charge in [-0.3, -0.25) is 0 Å². The van der Waals surface area contributed by atoms with E-state index < -0.39 is 11.9 Å². The summed E-state index contributed by atoms with van der Waals surface area (Å²) in [7, 11) is 0. The van der Waals surface area contributed by atoms with Crippen LogP contribution in [-0.2, 0) is 20.8 Å². The first-order valence-corrected chi connectivity index (χ1v) is 7.67. The molecule has 2 saturated carbocycles. The Labute approximate surface area is 125 Å². The molecular formula is C17H22O4. The second-order valence-electron chi connectivity index (χ2n) is 7.03. The third-order valence-electron chi connectivity index (χ3n) is 5.11. The van der Waals surface area contributed by atoms with Gasteiger partial charge in [-0.1, -0.05) is 30.3 Å². The molecule has 2 aliphatic carbocycles. The molecular weight excluding hydrogens is 268 g/mol. The number of fused-ring (bicyclic) bond motifs is 3. The van der Waals surface area contributed by atoms with Gasteiger partial charge in [0.1, 0.15) is 6.10 Å². The van der Waals surface area contributed by atoms with E-state index in [0.717, 1.165) is 6.42 Å². The molecule has 0 aromatic heterocycles. The second-order valence-corrected chi connectivity index (χ2v) is 7.03. The van der Waals surface area contributed by atoms with Gasteiger partial charge in [0, 0.05) is 5.41 Å². The molecule has 1 saturated heterocycles. The van der Waals surface area contributed by atoms with Crippen LogP contribution in [0.1, 0.15) is 25.8 Å². The summed E-state index contributed by atoms with van der Waals surface area (Å²) in [5.41, 5.74) is 1.12. The molecule has 0 amide bonds. The van der Waals surface area contributed by atoms with Crippen molar-refractivity contribution in [1.29, 1.82) is 0 Å². The van der Waals surface area contributed by atoms with Crippen molar-refractivity contribution < 1.29 is 19.3 Å². The molecule has 1 aromatic rings. The maximum atomic E-state index is 10.4. The van der Waals surface area contributed by atoms with Gasteiger partial charge in [-0.2, -0.15) is 0 Å². The Kier molecular flexibility index (Phi) is 2.95. The van der Waals surface area contributed by atoms with Crippen molar-refractivity contribution in [3.63, 3.8) is 0 Å². The summed E-state index contributed by atoms with van der Waals surface area (Å²) < 4.78 is 17.8. The fraction of sp³-hybridized carbons (Fsp3) is 0.647. The van der Waals surface area contributed by atoms with Crippen molar-refractivity contribution in [2.24, 2.45) is 11.3 Å². The molecule has 4 rings (SSSR count). The Balaban J connectivity index is 1.42. The summed E-state index contributed by atoms with van der Waals surface area (Å²) in [6, 6.07) is 10.2. The largest absolute Gasteiger partial charge is 0.390 e. The molecule has 0 bridgehead atoms. The summed E-state index contributed by atoms with van der Waals surface area (Å²) in [5, 5.41) is 10.4. The minimum atomic E-state index is -0.601. The average Bonchev–Trinajstić information content (AvgIpc) is 3.03. The van der Waals surface area contributed by atoms with Crippen LogP contribution in [0.25, 0.3) is 0 Å². The number of benzene rings is 1. The van der Waals surface area contributed by atoms with E-state index in [-0.39, 0.29) is 23.5 Å². The normalized spacial score (nSPS) is 42.6. The molecule has 114 valence electrons. The molecule has 1 heterocycles. The molecule has 1 unspecified atom stereocenters. The predicted molar refractivity (Wildman–Crippen MR) is 76.5 cm³/mol. The van der Waals surface area contributed by atoms with Crippen molar-refractivity contribution >= 4 is 0 Å². The van der Waals surface area contributed by atoms with Gasteiger partial charge in [0.15, 0.2) is 5.79 Å². The van der Waals surface area contributed by atoms with Crippen molar-refractivity contribution in [2.45, 2.75) is 51.0 Å². The molecule has 0 radical (unpaired) electrons. The van der Waals surface area contributed by atoms with E-state index >= 15 is 0 Å². The zero-order valence-electron chi connectivity index (χ0n) is 12.5. The topological polar surface area (TPSA) is 47.9 Å². The third kappa shape index (κ3) is 2.13. The van der Waals surface area contributed by atoms with Crippen LogP contribution < -0.4 is 0 Å². The van der Waals surface area contributed by atoms with Gasteiger partial charge in [-0.15, -0.1) is 0 Å². The van der Waals surface area contributed by atoms with Gasteiger partial charge >= 0.3 is 0 Å². The van der Waals surface area contributed by atoms with Crippen LogP contribution in [0.15, 0.2) is 30.3 Å². The highest BCUT2D eigenvalue weighted by Crippen LogP contribution is 2.67. The van der Waals surface area contributed by atoms with E-state index in [2.05, 4.69) is 12.1 Å². The Hall–Kier alpha value is -0.940. The molecule has 1 aromatic carbocycles.